The third kappa shape index (κ3) is 3.53. The zero-order valence-corrected chi connectivity index (χ0v) is 12.1. The summed E-state index contributed by atoms with van der Waals surface area (Å²) in [6.45, 7) is 0. The van der Waals surface area contributed by atoms with Crippen LogP contribution in [0.5, 0.6) is 0 Å². The fourth-order valence-electron chi connectivity index (χ4n) is 1.66. The van der Waals surface area contributed by atoms with Gasteiger partial charge in [-0.05, 0) is 39.7 Å². The Morgan fingerprint density at radius 2 is 2.24 bits per heavy atom. The number of halogens is 2. The van der Waals surface area contributed by atoms with E-state index >= 15 is 0 Å². The van der Waals surface area contributed by atoms with Crippen LogP contribution in [0.3, 0.4) is 0 Å². The van der Waals surface area contributed by atoms with Crippen LogP contribution in [0.1, 0.15) is 16.5 Å². The van der Waals surface area contributed by atoms with Crippen LogP contribution in [-0.2, 0) is 6.42 Å². The molecule has 0 aliphatic rings. The van der Waals surface area contributed by atoms with E-state index in [0.29, 0.717) is 0 Å². The Hall–Kier alpha value is -0.390. The smallest absolute Gasteiger partial charge is 0.0508 e. The van der Waals surface area contributed by atoms with Crippen molar-refractivity contribution in [3.8, 4) is 0 Å². The van der Waals surface area contributed by atoms with Gasteiger partial charge in [-0.2, -0.15) is 0 Å². The second kappa shape index (κ2) is 5.98. The number of benzene rings is 1. The molecule has 0 aliphatic carbocycles. The van der Waals surface area contributed by atoms with Crippen LogP contribution < -0.4 is 11.3 Å². The monoisotopic (exact) mass is 330 g/mol. The SMILES string of the molecule is NNC(Cc1cc(Br)cs1)c1cccc(Cl)c1. The summed E-state index contributed by atoms with van der Waals surface area (Å²) >= 11 is 11.1. The van der Waals surface area contributed by atoms with E-state index in [1.807, 2.05) is 24.3 Å². The van der Waals surface area contributed by atoms with Gasteiger partial charge >= 0.3 is 0 Å². The molecule has 0 saturated carbocycles. The lowest BCUT2D eigenvalue weighted by atomic mass is 10.0. The highest BCUT2D eigenvalue weighted by Gasteiger charge is 2.12. The van der Waals surface area contributed by atoms with E-state index in [1.54, 1.807) is 11.3 Å². The fourth-order valence-corrected chi connectivity index (χ4v) is 3.36. The molecule has 0 aliphatic heterocycles. The van der Waals surface area contributed by atoms with Gasteiger partial charge < -0.3 is 0 Å². The molecular formula is C12H12BrClN2S. The second-order valence-electron chi connectivity index (χ2n) is 3.71. The molecule has 0 saturated heterocycles. The maximum Gasteiger partial charge on any atom is 0.0508 e. The lowest BCUT2D eigenvalue weighted by Gasteiger charge is -2.15. The predicted octanol–water partition coefficient (Wildman–Crippen LogP) is 3.91. The number of hydrogen-bond acceptors (Lipinski definition) is 3. The van der Waals surface area contributed by atoms with Gasteiger partial charge in [-0.15, -0.1) is 11.3 Å². The summed E-state index contributed by atoms with van der Waals surface area (Å²) in [5.74, 6) is 5.61. The summed E-state index contributed by atoms with van der Waals surface area (Å²) in [6.07, 6.45) is 0.854. The summed E-state index contributed by atoms with van der Waals surface area (Å²) in [4.78, 5) is 1.28. The molecule has 1 heterocycles. The van der Waals surface area contributed by atoms with E-state index in [-0.39, 0.29) is 6.04 Å². The number of hydrazine groups is 1. The highest BCUT2D eigenvalue weighted by molar-refractivity contribution is 9.10. The summed E-state index contributed by atoms with van der Waals surface area (Å²) in [5.41, 5.74) is 3.94. The molecule has 1 atom stereocenters. The Morgan fingerprint density at radius 1 is 1.41 bits per heavy atom. The maximum absolute atomic E-state index is 5.98. The van der Waals surface area contributed by atoms with E-state index < -0.39 is 0 Å². The van der Waals surface area contributed by atoms with Crippen LogP contribution in [-0.4, -0.2) is 0 Å². The van der Waals surface area contributed by atoms with Crippen molar-refractivity contribution in [2.75, 3.05) is 0 Å². The molecule has 1 unspecified atom stereocenters. The second-order valence-corrected chi connectivity index (χ2v) is 6.06. The molecule has 0 fully saturated rings. The molecule has 2 rings (SSSR count). The number of nitrogens with two attached hydrogens (primary N) is 1. The van der Waals surface area contributed by atoms with E-state index in [0.717, 1.165) is 21.5 Å². The van der Waals surface area contributed by atoms with Gasteiger partial charge in [0.25, 0.3) is 0 Å². The number of nitrogens with one attached hydrogen (secondary N) is 1. The van der Waals surface area contributed by atoms with Crippen molar-refractivity contribution in [3.63, 3.8) is 0 Å². The number of rotatable bonds is 4. The molecular weight excluding hydrogens is 320 g/mol. The molecule has 1 aromatic heterocycles. The molecule has 2 aromatic rings. The Bertz CT molecular complexity index is 501. The average Bonchev–Trinajstić information content (AvgIpc) is 2.72. The van der Waals surface area contributed by atoms with Crippen LogP contribution in [0.4, 0.5) is 0 Å². The van der Waals surface area contributed by atoms with Crippen LogP contribution in [0.2, 0.25) is 5.02 Å². The normalized spacial score (nSPS) is 12.6. The van der Waals surface area contributed by atoms with E-state index in [9.17, 15) is 0 Å². The Balaban J connectivity index is 2.16. The van der Waals surface area contributed by atoms with Gasteiger partial charge in [0.15, 0.2) is 0 Å². The molecule has 5 heteroatoms. The maximum atomic E-state index is 5.98. The molecule has 0 radical (unpaired) electrons. The van der Waals surface area contributed by atoms with Crippen LogP contribution >= 0.6 is 38.9 Å². The zero-order chi connectivity index (χ0) is 12.3. The Morgan fingerprint density at radius 3 is 2.82 bits per heavy atom. The van der Waals surface area contributed by atoms with Crippen molar-refractivity contribution in [1.82, 2.24) is 5.43 Å². The third-order valence-corrected chi connectivity index (χ3v) is 4.43. The van der Waals surface area contributed by atoms with Crippen molar-refractivity contribution in [3.05, 3.63) is 55.6 Å². The summed E-state index contributed by atoms with van der Waals surface area (Å²) in [5, 5.41) is 2.80. The highest BCUT2D eigenvalue weighted by atomic mass is 79.9. The quantitative estimate of drug-likeness (QED) is 0.658. The van der Waals surface area contributed by atoms with E-state index in [2.05, 4.69) is 32.8 Å². The molecule has 0 bridgehead atoms. The summed E-state index contributed by atoms with van der Waals surface area (Å²) in [7, 11) is 0. The highest BCUT2D eigenvalue weighted by Crippen LogP contribution is 2.26. The van der Waals surface area contributed by atoms with Gasteiger partial charge in [0.1, 0.15) is 0 Å². The van der Waals surface area contributed by atoms with Gasteiger partial charge in [0.2, 0.25) is 0 Å². The van der Waals surface area contributed by atoms with Gasteiger partial charge in [0, 0.05) is 26.2 Å². The van der Waals surface area contributed by atoms with Crippen molar-refractivity contribution in [1.29, 1.82) is 0 Å². The van der Waals surface area contributed by atoms with Crippen molar-refractivity contribution in [2.45, 2.75) is 12.5 Å². The Kier molecular flexibility index (Phi) is 4.59. The first-order valence-electron chi connectivity index (χ1n) is 5.13. The number of thiophene rings is 1. The van der Waals surface area contributed by atoms with Gasteiger partial charge in [0.05, 0.1) is 6.04 Å². The summed E-state index contributed by atoms with van der Waals surface area (Å²) < 4.78 is 1.11. The largest absolute Gasteiger partial charge is 0.271 e. The molecule has 3 N–H and O–H groups in total. The van der Waals surface area contributed by atoms with Crippen LogP contribution in [0.25, 0.3) is 0 Å². The van der Waals surface area contributed by atoms with E-state index in [1.165, 1.54) is 4.88 Å². The van der Waals surface area contributed by atoms with Crippen molar-refractivity contribution in [2.24, 2.45) is 5.84 Å². The average molecular weight is 332 g/mol. The lowest BCUT2D eigenvalue weighted by molar-refractivity contribution is 0.555. The van der Waals surface area contributed by atoms with Crippen molar-refractivity contribution < 1.29 is 0 Å². The minimum atomic E-state index is 0.0826. The van der Waals surface area contributed by atoms with Gasteiger partial charge in [-0.25, -0.2) is 0 Å². The van der Waals surface area contributed by atoms with Crippen molar-refractivity contribution >= 4 is 38.9 Å². The first-order valence-corrected chi connectivity index (χ1v) is 7.18. The molecule has 0 spiro atoms. The zero-order valence-electron chi connectivity index (χ0n) is 8.99. The predicted molar refractivity (Wildman–Crippen MR) is 77.2 cm³/mol. The molecule has 2 nitrogen and oxygen atoms in total. The fraction of sp³-hybridized carbons (Fsp3) is 0.167. The minimum Gasteiger partial charge on any atom is -0.271 e. The third-order valence-electron chi connectivity index (χ3n) is 2.48. The van der Waals surface area contributed by atoms with Gasteiger partial charge in [-0.1, -0.05) is 23.7 Å². The first-order chi connectivity index (χ1) is 8.19. The topological polar surface area (TPSA) is 38.0 Å². The summed E-state index contributed by atoms with van der Waals surface area (Å²) in [6, 6.07) is 9.96. The van der Waals surface area contributed by atoms with E-state index in [4.69, 9.17) is 17.4 Å². The van der Waals surface area contributed by atoms with Crippen LogP contribution in [0, 0.1) is 0 Å². The molecule has 17 heavy (non-hydrogen) atoms. The minimum absolute atomic E-state index is 0.0826. The first kappa shape index (κ1) is 13.1. The Labute approximate surface area is 118 Å². The molecule has 0 amide bonds. The lowest BCUT2D eigenvalue weighted by Crippen LogP contribution is -2.29. The molecule has 90 valence electrons. The van der Waals surface area contributed by atoms with Crippen LogP contribution in [0.15, 0.2) is 40.2 Å². The molecule has 1 aromatic carbocycles. The van der Waals surface area contributed by atoms with Gasteiger partial charge in [-0.3, -0.25) is 11.3 Å². The standard InChI is InChI=1S/C12H12BrClN2S/c13-9-5-11(17-7-9)6-12(16-15)8-2-1-3-10(14)4-8/h1-5,7,12,16H,6,15H2. The number of hydrogen-bond donors (Lipinski definition) is 2.